The van der Waals surface area contributed by atoms with Gasteiger partial charge in [0.05, 0.1) is 31.0 Å². The second-order valence-electron chi connectivity index (χ2n) is 8.82. The number of nitrogens with zero attached hydrogens (tertiary/aromatic N) is 3. The zero-order chi connectivity index (χ0) is 24.1. The molecule has 174 valence electrons. The summed E-state index contributed by atoms with van der Waals surface area (Å²) in [4.78, 5) is 15.3. The van der Waals surface area contributed by atoms with Crippen LogP contribution in [0.2, 0.25) is 0 Å². The highest BCUT2D eigenvalue weighted by Crippen LogP contribution is 2.35. The Bertz CT molecular complexity index is 1240. The first-order chi connectivity index (χ1) is 16.3. The third-order valence-electron chi connectivity index (χ3n) is 5.33. The summed E-state index contributed by atoms with van der Waals surface area (Å²) in [6.45, 7) is 6.82. The number of amidine groups is 1. The van der Waals surface area contributed by atoms with Crippen molar-refractivity contribution in [3.05, 3.63) is 94.3 Å². The number of benzene rings is 2. The van der Waals surface area contributed by atoms with Gasteiger partial charge >= 0.3 is 0 Å². The van der Waals surface area contributed by atoms with Gasteiger partial charge < -0.3 is 9.15 Å². The number of hydrogen-bond donors (Lipinski definition) is 0. The van der Waals surface area contributed by atoms with Gasteiger partial charge in [0.1, 0.15) is 11.5 Å². The highest BCUT2D eigenvalue weighted by molar-refractivity contribution is 8.18. The van der Waals surface area contributed by atoms with Gasteiger partial charge in [0, 0.05) is 5.56 Å². The minimum absolute atomic E-state index is 0.0905. The molecule has 0 aliphatic carbocycles. The van der Waals surface area contributed by atoms with Crippen LogP contribution in [0.4, 0.5) is 0 Å². The Labute approximate surface area is 204 Å². The Balaban J connectivity index is 1.60. The van der Waals surface area contributed by atoms with E-state index in [0.717, 1.165) is 11.1 Å². The molecule has 0 atom stereocenters. The zero-order valence-electron chi connectivity index (χ0n) is 19.7. The smallest absolute Gasteiger partial charge is 0.267 e. The molecule has 1 fully saturated rings. The Morgan fingerprint density at radius 1 is 1.06 bits per heavy atom. The summed E-state index contributed by atoms with van der Waals surface area (Å²) >= 11 is 1.28. The van der Waals surface area contributed by atoms with Gasteiger partial charge in [0.25, 0.3) is 5.91 Å². The van der Waals surface area contributed by atoms with Crippen molar-refractivity contribution in [2.45, 2.75) is 32.7 Å². The Morgan fingerprint density at radius 2 is 1.82 bits per heavy atom. The lowest BCUT2D eigenvalue weighted by molar-refractivity contribution is -0.122. The first-order valence-corrected chi connectivity index (χ1v) is 11.7. The van der Waals surface area contributed by atoms with E-state index in [4.69, 9.17) is 9.15 Å². The van der Waals surface area contributed by atoms with Crippen molar-refractivity contribution in [2.24, 2.45) is 10.2 Å². The lowest BCUT2D eigenvalue weighted by Gasteiger charge is -2.18. The van der Waals surface area contributed by atoms with Crippen LogP contribution in [0.1, 0.15) is 43.2 Å². The van der Waals surface area contributed by atoms with Crippen molar-refractivity contribution < 1.29 is 13.9 Å². The molecule has 2 heterocycles. The normalized spacial score (nSPS) is 16.8. The van der Waals surface area contributed by atoms with E-state index < -0.39 is 0 Å². The quantitative estimate of drug-likeness (QED) is 0.247. The molecule has 0 unspecified atom stereocenters. The summed E-state index contributed by atoms with van der Waals surface area (Å²) in [6, 6.07) is 19.4. The van der Waals surface area contributed by atoms with E-state index in [0.29, 0.717) is 21.6 Å². The topological polar surface area (TPSA) is 67.4 Å². The molecule has 1 aromatic heterocycles. The fourth-order valence-electron chi connectivity index (χ4n) is 3.42. The number of thioether (sulfide) groups is 1. The van der Waals surface area contributed by atoms with Crippen molar-refractivity contribution in [2.75, 3.05) is 7.11 Å². The molecule has 3 aromatic rings. The van der Waals surface area contributed by atoms with Gasteiger partial charge in [0.2, 0.25) is 0 Å². The molecule has 34 heavy (non-hydrogen) atoms. The zero-order valence-corrected chi connectivity index (χ0v) is 20.5. The monoisotopic (exact) mass is 473 g/mol. The fraction of sp³-hybridized carbons (Fsp3) is 0.222. The first-order valence-electron chi connectivity index (χ1n) is 10.9. The molecule has 6 nitrogen and oxygen atoms in total. The molecule has 4 rings (SSSR count). The Morgan fingerprint density at radius 3 is 2.50 bits per heavy atom. The Kier molecular flexibility index (Phi) is 7.03. The van der Waals surface area contributed by atoms with Crippen LogP contribution >= 0.6 is 11.8 Å². The molecular weight excluding hydrogens is 446 g/mol. The van der Waals surface area contributed by atoms with E-state index >= 15 is 0 Å². The molecule has 0 saturated carbocycles. The maximum Gasteiger partial charge on any atom is 0.267 e. The van der Waals surface area contributed by atoms with Gasteiger partial charge in [-0.25, -0.2) is 0 Å². The lowest BCUT2D eigenvalue weighted by Crippen LogP contribution is -2.28. The lowest BCUT2D eigenvalue weighted by atomic mass is 9.87. The van der Waals surface area contributed by atoms with Crippen molar-refractivity contribution in [3.63, 3.8) is 0 Å². The SMILES string of the molecule is COc1ccccc1/C=C1\S/C(=N\N=C\c2ccc(C(C)(C)C)cc2)N(Cc2ccco2)C1=O. The van der Waals surface area contributed by atoms with Crippen LogP contribution in [0.25, 0.3) is 6.08 Å². The molecule has 1 aliphatic rings. The van der Waals surface area contributed by atoms with Crippen molar-refractivity contribution >= 4 is 35.1 Å². The highest BCUT2D eigenvalue weighted by atomic mass is 32.2. The number of furan rings is 1. The number of carbonyl (C=O) groups is 1. The van der Waals surface area contributed by atoms with E-state index in [1.165, 1.54) is 17.3 Å². The summed E-state index contributed by atoms with van der Waals surface area (Å²) in [5.74, 6) is 1.21. The third-order valence-corrected chi connectivity index (χ3v) is 6.33. The van der Waals surface area contributed by atoms with E-state index in [2.05, 4.69) is 43.1 Å². The predicted molar refractivity (Wildman–Crippen MR) is 138 cm³/mol. The average molecular weight is 474 g/mol. The van der Waals surface area contributed by atoms with E-state index in [9.17, 15) is 4.79 Å². The molecule has 0 N–H and O–H groups in total. The summed E-state index contributed by atoms with van der Waals surface area (Å²) in [6.07, 6.45) is 5.10. The second-order valence-corrected chi connectivity index (χ2v) is 9.83. The molecule has 7 heteroatoms. The van der Waals surface area contributed by atoms with Crippen molar-refractivity contribution in [1.82, 2.24) is 4.90 Å². The van der Waals surface area contributed by atoms with Gasteiger partial charge in [-0.1, -0.05) is 63.2 Å². The summed E-state index contributed by atoms with van der Waals surface area (Å²) < 4.78 is 10.9. The number of rotatable bonds is 6. The van der Waals surface area contributed by atoms with E-state index in [-0.39, 0.29) is 17.9 Å². The van der Waals surface area contributed by atoms with Crippen LogP contribution in [-0.2, 0) is 16.8 Å². The molecule has 0 bridgehead atoms. The number of para-hydroxylation sites is 1. The number of hydrogen-bond acceptors (Lipinski definition) is 6. The summed E-state index contributed by atoms with van der Waals surface area (Å²) in [7, 11) is 1.61. The number of amides is 1. The number of ether oxygens (including phenoxy) is 1. The van der Waals surface area contributed by atoms with Crippen LogP contribution in [0, 0.1) is 0 Å². The van der Waals surface area contributed by atoms with Gasteiger partial charge in [-0.05, 0) is 52.6 Å². The number of carbonyl (C=O) groups excluding carboxylic acids is 1. The molecule has 2 aromatic carbocycles. The fourth-order valence-corrected chi connectivity index (χ4v) is 4.35. The molecule has 1 amide bonds. The molecule has 0 spiro atoms. The molecule has 0 radical (unpaired) electrons. The third kappa shape index (κ3) is 5.48. The minimum atomic E-state index is -0.157. The highest BCUT2D eigenvalue weighted by Gasteiger charge is 2.34. The van der Waals surface area contributed by atoms with Crippen molar-refractivity contribution in [3.8, 4) is 5.75 Å². The Hall–Kier alpha value is -3.58. The maximum atomic E-state index is 13.2. The van der Waals surface area contributed by atoms with Crippen LogP contribution < -0.4 is 4.74 Å². The van der Waals surface area contributed by atoms with Crippen LogP contribution in [0.3, 0.4) is 0 Å². The second kappa shape index (κ2) is 10.1. The van der Waals surface area contributed by atoms with E-state index in [1.54, 1.807) is 30.6 Å². The minimum Gasteiger partial charge on any atom is -0.496 e. The maximum absolute atomic E-state index is 13.2. The standard InChI is InChI=1S/C27H27N3O3S/c1-27(2,3)21-13-11-19(12-14-21)17-28-29-26-30(18-22-9-7-15-33-22)25(31)24(34-26)16-20-8-5-6-10-23(20)32-4/h5-17H,18H2,1-4H3/b24-16-,28-17+,29-26-. The van der Waals surface area contributed by atoms with E-state index in [1.807, 2.05) is 48.5 Å². The van der Waals surface area contributed by atoms with Crippen LogP contribution in [0.15, 0.2) is 86.5 Å². The summed E-state index contributed by atoms with van der Waals surface area (Å²) in [5.41, 5.74) is 3.10. The predicted octanol–water partition coefficient (Wildman–Crippen LogP) is 6.09. The number of methoxy groups -OCH3 is 1. The van der Waals surface area contributed by atoms with Gasteiger partial charge in [-0.3, -0.25) is 9.69 Å². The average Bonchev–Trinajstić information content (AvgIpc) is 3.43. The van der Waals surface area contributed by atoms with Crippen LogP contribution in [-0.4, -0.2) is 29.3 Å². The first kappa shape index (κ1) is 23.6. The molecular formula is C27H27N3O3S. The largest absolute Gasteiger partial charge is 0.496 e. The van der Waals surface area contributed by atoms with Gasteiger partial charge in [0.15, 0.2) is 5.17 Å². The molecule has 1 aliphatic heterocycles. The van der Waals surface area contributed by atoms with Gasteiger partial charge in [-0.2, -0.15) is 5.10 Å². The molecule has 1 saturated heterocycles. The van der Waals surface area contributed by atoms with Crippen LogP contribution in [0.5, 0.6) is 5.75 Å². The van der Waals surface area contributed by atoms with Crippen molar-refractivity contribution in [1.29, 1.82) is 0 Å². The van der Waals surface area contributed by atoms with Gasteiger partial charge in [-0.15, -0.1) is 5.10 Å². The summed E-state index contributed by atoms with van der Waals surface area (Å²) in [5, 5.41) is 9.14.